The highest BCUT2D eigenvalue weighted by atomic mass is 32.2. The highest BCUT2D eigenvalue weighted by Gasteiger charge is 2.29. The maximum atomic E-state index is 14.6. The third-order valence-electron chi connectivity index (χ3n) is 6.31. The summed E-state index contributed by atoms with van der Waals surface area (Å²) in [6.45, 7) is 0. The van der Waals surface area contributed by atoms with Crippen LogP contribution in [0.15, 0.2) is 51.7 Å². The fraction of sp³-hybridized carbons (Fsp3) is 0.214. The van der Waals surface area contributed by atoms with E-state index in [4.69, 9.17) is 10.2 Å². The van der Waals surface area contributed by atoms with E-state index >= 15 is 0 Å². The van der Waals surface area contributed by atoms with Gasteiger partial charge in [0.05, 0.1) is 28.1 Å². The molecule has 3 N–H and O–H groups in total. The fourth-order valence-electron chi connectivity index (χ4n) is 4.22. The molecular formula is C28H23F2N5O2S2. The molecule has 0 radical (unpaired) electrons. The van der Waals surface area contributed by atoms with Crippen LogP contribution in [0, 0.1) is 29.4 Å². The second-order valence-corrected chi connectivity index (χ2v) is 10.6. The quantitative estimate of drug-likeness (QED) is 0.166. The Morgan fingerprint density at radius 3 is 2.77 bits per heavy atom. The predicted molar refractivity (Wildman–Crippen MR) is 149 cm³/mol. The van der Waals surface area contributed by atoms with Crippen molar-refractivity contribution in [3.63, 3.8) is 0 Å². The van der Waals surface area contributed by atoms with Crippen molar-refractivity contribution in [2.45, 2.75) is 30.6 Å². The summed E-state index contributed by atoms with van der Waals surface area (Å²) >= 11 is 2.02. The van der Waals surface area contributed by atoms with Gasteiger partial charge in [-0.15, -0.1) is 11.3 Å². The van der Waals surface area contributed by atoms with Crippen LogP contribution in [0.3, 0.4) is 0 Å². The van der Waals surface area contributed by atoms with Crippen molar-refractivity contribution in [1.29, 1.82) is 0 Å². The van der Waals surface area contributed by atoms with Crippen molar-refractivity contribution in [2.75, 3.05) is 7.05 Å². The summed E-state index contributed by atoms with van der Waals surface area (Å²) in [4.78, 5) is 20.0. The Kier molecular flexibility index (Phi) is 7.88. The largest absolute Gasteiger partial charge is 0.476 e. The molecule has 1 saturated carbocycles. The molecule has 0 spiro atoms. The summed E-state index contributed by atoms with van der Waals surface area (Å²) in [6, 6.07) is 9.51. The third-order valence-corrected chi connectivity index (χ3v) is 7.71. The van der Waals surface area contributed by atoms with Crippen LogP contribution in [0.4, 0.5) is 8.78 Å². The lowest BCUT2D eigenvalue weighted by molar-refractivity contribution is 0.0691. The molecule has 5 rings (SSSR count). The second-order valence-electron chi connectivity index (χ2n) is 9.06. The highest BCUT2D eigenvalue weighted by molar-refractivity contribution is 7.97. The minimum Gasteiger partial charge on any atom is -0.476 e. The zero-order valence-electron chi connectivity index (χ0n) is 20.8. The van der Waals surface area contributed by atoms with Crippen LogP contribution in [-0.4, -0.2) is 39.1 Å². The van der Waals surface area contributed by atoms with E-state index in [-0.39, 0.29) is 11.3 Å². The van der Waals surface area contributed by atoms with E-state index in [1.165, 1.54) is 35.1 Å². The van der Waals surface area contributed by atoms with Crippen molar-refractivity contribution in [1.82, 2.24) is 14.8 Å². The molecule has 1 aliphatic rings. The molecule has 7 nitrogen and oxygen atoms in total. The Morgan fingerprint density at radius 2 is 2.10 bits per heavy atom. The van der Waals surface area contributed by atoms with E-state index in [1.54, 1.807) is 29.9 Å². The first-order chi connectivity index (χ1) is 18.9. The molecule has 1 aliphatic carbocycles. The Balaban J connectivity index is 1.69. The van der Waals surface area contributed by atoms with Crippen LogP contribution in [-0.2, 0) is 12.8 Å². The third kappa shape index (κ3) is 5.93. The van der Waals surface area contributed by atoms with Gasteiger partial charge in [-0.1, -0.05) is 12.0 Å². The maximum absolute atomic E-state index is 14.6. The number of carbonyl (C=O) groups is 1. The number of aromatic nitrogens is 3. The summed E-state index contributed by atoms with van der Waals surface area (Å²) in [7, 11) is 1.58. The topological polar surface area (TPSA) is 106 Å². The minimum absolute atomic E-state index is 0.0696. The standard InChI is InChI=1S/C28H23F2N5O2S2/c1-32-10-2-3-18-14-19(7-8-21(18)29)26-20(11-17-6-9-25(39-31)22(30)12-17)24(13-16-4-5-16)35(34-26)28-33-23(15-38-28)27(36)37/h6-10,12,14-16H,4-5,11,13,31H2,1H3,(H,36,37). The van der Waals surface area contributed by atoms with Gasteiger partial charge in [0.2, 0.25) is 5.13 Å². The van der Waals surface area contributed by atoms with Gasteiger partial charge >= 0.3 is 5.97 Å². The lowest BCUT2D eigenvalue weighted by Crippen LogP contribution is -2.06. The average molecular weight is 564 g/mol. The van der Waals surface area contributed by atoms with Crippen LogP contribution in [0.25, 0.3) is 16.4 Å². The molecule has 198 valence electrons. The van der Waals surface area contributed by atoms with Crippen LogP contribution in [0.2, 0.25) is 0 Å². The van der Waals surface area contributed by atoms with Gasteiger partial charge in [-0.2, -0.15) is 5.10 Å². The Bertz CT molecular complexity index is 1650. The molecule has 2 aromatic carbocycles. The van der Waals surface area contributed by atoms with Gasteiger partial charge in [-0.3, -0.25) is 10.1 Å². The first-order valence-electron chi connectivity index (χ1n) is 12.0. The van der Waals surface area contributed by atoms with E-state index in [9.17, 15) is 18.7 Å². The zero-order valence-corrected chi connectivity index (χ0v) is 22.5. The number of hydrogen-bond acceptors (Lipinski definition) is 7. The number of benzene rings is 2. The van der Waals surface area contributed by atoms with Gasteiger partial charge in [-0.05, 0) is 78.9 Å². The molecule has 39 heavy (non-hydrogen) atoms. The Hall–Kier alpha value is -3.85. The number of carboxylic acid groups (broad SMARTS) is 1. The molecule has 11 heteroatoms. The predicted octanol–water partition coefficient (Wildman–Crippen LogP) is 5.53. The number of aliphatic imine (C=N–C) groups is 1. The van der Waals surface area contributed by atoms with Gasteiger partial charge in [0.1, 0.15) is 11.6 Å². The number of thiazole rings is 1. The summed E-state index contributed by atoms with van der Waals surface area (Å²) in [6.07, 6.45) is 4.58. The molecule has 0 amide bonds. The molecule has 1 fully saturated rings. The number of rotatable bonds is 8. The average Bonchev–Trinajstić information content (AvgIpc) is 3.48. The molecule has 0 aliphatic heterocycles. The molecule has 0 saturated heterocycles. The van der Waals surface area contributed by atoms with E-state index in [0.29, 0.717) is 40.0 Å². The first kappa shape index (κ1) is 26.7. The lowest BCUT2D eigenvalue weighted by Gasteiger charge is -2.10. The molecule has 0 unspecified atom stereocenters. The number of aromatic carboxylic acids is 1. The first-order valence-corrected chi connectivity index (χ1v) is 13.8. The lowest BCUT2D eigenvalue weighted by atomic mass is 9.96. The van der Waals surface area contributed by atoms with E-state index in [0.717, 1.165) is 41.6 Å². The van der Waals surface area contributed by atoms with Crippen LogP contribution in [0.1, 0.15) is 45.7 Å². The van der Waals surface area contributed by atoms with Gasteiger partial charge in [-0.25, -0.2) is 23.2 Å². The fourth-order valence-corrected chi connectivity index (χ4v) is 5.31. The van der Waals surface area contributed by atoms with Gasteiger partial charge in [0.15, 0.2) is 5.69 Å². The zero-order chi connectivity index (χ0) is 27.5. The monoisotopic (exact) mass is 563 g/mol. The number of nitrogens with two attached hydrogens (primary N) is 1. The van der Waals surface area contributed by atoms with Crippen molar-refractivity contribution < 1.29 is 18.7 Å². The summed E-state index contributed by atoms with van der Waals surface area (Å²) in [5, 5.41) is 21.8. The summed E-state index contributed by atoms with van der Waals surface area (Å²) in [5.41, 5.74) is 3.74. The van der Waals surface area contributed by atoms with Crippen LogP contribution < -0.4 is 5.14 Å². The van der Waals surface area contributed by atoms with Crippen molar-refractivity contribution in [3.05, 3.63) is 81.5 Å². The highest BCUT2D eigenvalue weighted by Crippen LogP contribution is 2.38. The SMILES string of the molecule is CN=CC#Cc1cc(-c2nn(-c3nc(C(=O)O)cs3)c(CC3CC3)c2Cc2ccc(SN)c(F)c2)ccc1F. The molecule has 2 heterocycles. The minimum atomic E-state index is -1.13. The molecule has 0 atom stereocenters. The molecule has 4 aromatic rings. The van der Waals surface area contributed by atoms with Crippen molar-refractivity contribution in [2.24, 2.45) is 16.0 Å². The van der Waals surface area contributed by atoms with E-state index in [2.05, 4.69) is 21.8 Å². The normalized spacial score (nSPS) is 13.0. The van der Waals surface area contributed by atoms with Crippen LogP contribution >= 0.6 is 23.3 Å². The molecular weight excluding hydrogens is 540 g/mol. The van der Waals surface area contributed by atoms with Crippen LogP contribution in [0.5, 0.6) is 0 Å². The molecule has 2 aromatic heterocycles. The van der Waals surface area contributed by atoms with Gasteiger partial charge in [0.25, 0.3) is 0 Å². The van der Waals surface area contributed by atoms with Gasteiger partial charge < -0.3 is 5.11 Å². The maximum Gasteiger partial charge on any atom is 0.355 e. The number of hydrogen-bond donors (Lipinski definition) is 2. The smallest absolute Gasteiger partial charge is 0.355 e. The van der Waals surface area contributed by atoms with E-state index in [1.807, 2.05) is 6.07 Å². The van der Waals surface area contributed by atoms with Gasteiger partial charge in [0, 0.05) is 30.0 Å². The Morgan fingerprint density at radius 1 is 1.28 bits per heavy atom. The number of halogens is 2. The van der Waals surface area contributed by atoms with Crippen molar-refractivity contribution in [3.8, 4) is 28.2 Å². The molecule has 0 bridgehead atoms. The number of nitrogens with zero attached hydrogens (tertiary/aromatic N) is 4. The van der Waals surface area contributed by atoms with E-state index < -0.39 is 17.6 Å². The number of carboxylic acids is 1. The summed E-state index contributed by atoms with van der Waals surface area (Å²) in [5.74, 6) is 3.93. The van der Waals surface area contributed by atoms with Crippen molar-refractivity contribution >= 4 is 35.5 Å². The Labute approximate surface area is 231 Å². The summed E-state index contributed by atoms with van der Waals surface area (Å²) < 4.78 is 30.9. The second kappa shape index (κ2) is 11.5.